The number of H-pyrrole nitrogens is 1. The number of ether oxygens (including phenoxy) is 1. The van der Waals surface area contributed by atoms with Crippen LogP contribution in [0.1, 0.15) is 31.5 Å². The Hall–Kier alpha value is -1.39. The fourth-order valence-electron chi connectivity index (χ4n) is 3.93. The van der Waals surface area contributed by atoms with Crippen molar-refractivity contribution >= 4 is 11.0 Å². The van der Waals surface area contributed by atoms with Gasteiger partial charge in [-0.05, 0) is 37.8 Å². The van der Waals surface area contributed by atoms with Gasteiger partial charge in [-0.3, -0.25) is 4.90 Å². The second-order valence-electron chi connectivity index (χ2n) is 6.09. The molecule has 3 heterocycles. The van der Waals surface area contributed by atoms with Crippen LogP contribution >= 0.6 is 0 Å². The number of nitrogens with one attached hydrogen (secondary N) is 1. The Morgan fingerprint density at radius 2 is 2.00 bits per heavy atom. The number of para-hydroxylation sites is 2. The average Bonchev–Trinajstić information content (AvgIpc) is 2.96. The van der Waals surface area contributed by atoms with E-state index >= 15 is 0 Å². The van der Waals surface area contributed by atoms with Gasteiger partial charge in [0.15, 0.2) is 0 Å². The summed E-state index contributed by atoms with van der Waals surface area (Å²) >= 11 is 0. The van der Waals surface area contributed by atoms with Crippen LogP contribution in [0.5, 0.6) is 0 Å². The van der Waals surface area contributed by atoms with E-state index in [0.717, 1.165) is 23.4 Å². The van der Waals surface area contributed by atoms with Crippen LogP contribution < -0.4 is 0 Å². The van der Waals surface area contributed by atoms with Crippen LogP contribution in [0.25, 0.3) is 11.0 Å². The summed E-state index contributed by atoms with van der Waals surface area (Å²) in [7, 11) is 1.85. The van der Waals surface area contributed by atoms with Gasteiger partial charge < -0.3 is 9.72 Å². The van der Waals surface area contributed by atoms with Crippen molar-refractivity contribution in [1.29, 1.82) is 0 Å². The number of imidazole rings is 1. The molecule has 4 heteroatoms. The SMILES string of the molecule is COC1CC2CCC(C1)N2Cc1nc2ccccc2[nH]1. The van der Waals surface area contributed by atoms with E-state index in [0.29, 0.717) is 18.2 Å². The van der Waals surface area contributed by atoms with Crippen LogP contribution in [0.2, 0.25) is 0 Å². The summed E-state index contributed by atoms with van der Waals surface area (Å²) in [6.07, 6.45) is 5.43. The normalized spacial score (nSPS) is 30.1. The van der Waals surface area contributed by atoms with Crippen molar-refractivity contribution in [3.8, 4) is 0 Å². The molecule has 2 saturated heterocycles. The molecule has 1 aromatic carbocycles. The molecule has 2 aromatic rings. The van der Waals surface area contributed by atoms with Gasteiger partial charge in [0.1, 0.15) is 5.82 Å². The van der Waals surface area contributed by atoms with Crippen molar-refractivity contribution in [3.63, 3.8) is 0 Å². The highest BCUT2D eigenvalue weighted by Gasteiger charge is 2.40. The quantitative estimate of drug-likeness (QED) is 0.933. The number of nitrogens with zero attached hydrogens (tertiary/aromatic N) is 2. The predicted octanol–water partition coefficient (Wildman–Crippen LogP) is 2.70. The Morgan fingerprint density at radius 1 is 1.25 bits per heavy atom. The molecule has 2 atom stereocenters. The number of aromatic amines is 1. The Morgan fingerprint density at radius 3 is 2.70 bits per heavy atom. The monoisotopic (exact) mass is 271 g/mol. The van der Waals surface area contributed by atoms with Gasteiger partial charge >= 0.3 is 0 Å². The fraction of sp³-hybridized carbons (Fsp3) is 0.562. The molecular formula is C16H21N3O. The average molecular weight is 271 g/mol. The molecule has 20 heavy (non-hydrogen) atoms. The van der Waals surface area contributed by atoms with Crippen molar-refractivity contribution in [2.45, 2.75) is 50.4 Å². The molecule has 2 aliphatic heterocycles. The molecule has 1 N–H and O–H groups in total. The number of hydrogen-bond acceptors (Lipinski definition) is 3. The van der Waals surface area contributed by atoms with Crippen LogP contribution in [-0.2, 0) is 11.3 Å². The van der Waals surface area contributed by atoms with Gasteiger partial charge in [-0.25, -0.2) is 4.98 Å². The lowest BCUT2D eigenvalue weighted by Crippen LogP contribution is -2.44. The van der Waals surface area contributed by atoms with Crippen molar-refractivity contribution in [2.24, 2.45) is 0 Å². The summed E-state index contributed by atoms with van der Waals surface area (Å²) in [6.45, 7) is 0.945. The zero-order valence-corrected chi connectivity index (χ0v) is 11.9. The third-order valence-electron chi connectivity index (χ3n) is 4.95. The van der Waals surface area contributed by atoms with Crippen molar-refractivity contribution in [3.05, 3.63) is 30.1 Å². The highest BCUT2D eigenvalue weighted by Crippen LogP contribution is 2.37. The van der Waals surface area contributed by atoms with Gasteiger partial charge in [0.2, 0.25) is 0 Å². The van der Waals surface area contributed by atoms with E-state index in [4.69, 9.17) is 9.72 Å². The number of rotatable bonds is 3. The second-order valence-corrected chi connectivity index (χ2v) is 6.09. The Labute approximate surface area is 119 Å². The van der Waals surface area contributed by atoms with Crippen molar-refractivity contribution in [2.75, 3.05) is 7.11 Å². The molecule has 1 aromatic heterocycles. The zero-order valence-electron chi connectivity index (χ0n) is 11.9. The molecule has 0 amide bonds. The minimum Gasteiger partial charge on any atom is -0.381 e. The summed E-state index contributed by atoms with van der Waals surface area (Å²) in [6, 6.07) is 9.61. The minimum atomic E-state index is 0.458. The molecule has 0 aliphatic carbocycles. The first-order chi connectivity index (χ1) is 9.83. The molecule has 2 unspecified atom stereocenters. The lowest BCUT2D eigenvalue weighted by atomic mass is 10.00. The van der Waals surface area contributed by atoms with Crippen LogP contribution in [-0.4, -0.2) is 40.2 Å². The summed E-state index contributed by atoms with van der Waals surface area (Å²) in [5.41, 5.74) is 2.21. The first-order valence-electron chi connectivity index (χ1n) is 7.55. The standard InChI is InChI=1S/C16H21N3O/c1-20-13-8-11-6-7-12(9-13)19(11)10-16-17-14-4-2-3-5-15(14)18-16/h2-5,11-13H,6-10H2,1H3,(H,17,18). The molecule has 4 rings (SSSR count). The van der Waals surface area contributed by atoms with E-state index in [9.17, 15) is 0 Å². The van der Waals surface area contributed by atoms with E-state index in [-0.39, 0.29) is 0 Å². The van der Waals surface area contributed by atoms with E-state index in [1.54, 1.807) is 0 Å². The minimum absolute atomic E-state index is 0.458. The number of aromatic nitrogens is 2. The molecule has 0 saturated carbocycles. The Bertz CT molecular complexity index is 562. The van der Waals surface area contributed by atoms with Crippen LogP contribution in [0.4, 0.5) is 0 Å². The lowest BCUT2D eigenvalue weighted by Gasteiger charge is -2.37. The summed E-state index contributed by atoms with van der Waals surface area (Å²) in [4.78, 5) is 10.8. The number of benzene rings is 1. The van der Waals surface area contributed by atoms with Crippen molar-refractivity contribution in [1.82, 2.24) is 14.9 Å². The number of hydrogen-bond donors (Lipinski definition) is 1. The van der Waals surface area contributed by atoms with E-state index < -0.39 is 0 Å². The van der Waals surface area contributed by atoms with Gasteiger partial charge in [0.05, 0.1) is 23.7 Å². The molecule has 2 bridgehead atoms. The van der Waals surface area contributed by atoms with Crippen LogP contribution in [0, 0.1) is 0 Å². The topological polar surface area (TPSA) is 41.1 Å². The van der Waals surface area contributed by atoms with E-state index in [1.165, 1.54) is 25.7 Å². The molecule has 106 valence electrons. The molecule has 2 fully saturated rings. The first-order valence-corrected chi connectivity index (χ1v) is 7.55. The molecular weight excluding hydrogens is 250 g/mol. The van der Waals surface area contributed by atoms with E-state index in [1.807, 2.05) is 13.2 Å². The highest BCUT2D eigenvalue weighted by atomic mass is 16.5. The molecule has 0 radical (unpaired) electrons. The molecule has 4 nitrogen and oxygen atoms in total. The number of fused-ring (bicyclic) bond motifs is 3. The number of methoxy groups -OCH3 is 1. The summed E-state index contributed by atoms with van der Waals surface area (Å²) in [5, 5.41) is 0. The third-order valence-corrected chi connectivity index (χ3v) is 4.95. The molecule has 0 spiro atoms. The van der Waals surface area contributed by atoms with E-state index in [2.05, 4.69) is 28.1 Å². The maximum absolute atomic E-state index is 5.57. The van der Waals surface area contributed by atoms with Crippen LogP contribution in [0.15, 0.2) is 24.3 Å². The summed E-state index contributed by atoms with van der Waals surface area (Å²) < 4.78 is 5.57. The van der Waals surface area contributed by atoms with Gasteiger partial charge in [0, 0.05) is 19.2 Å². The predicted molar refractivity (Wildman–Crippen MR) is 78.5 cm³/mol. The van der Waals surface area contributed by atoms with Crippen molar-refractivity contribution < 1.29 is 4.74 Å². The smallest absolute Gasteiger partial charge is 0.121 e. The Kier molecular flexibility index (Phi) is 3.00. The van der Waals surface area contributed by atoms with Crippen LogP contribution in [0.3, 0.4) is 0 Å². The fourth-order valence-corrected chi connectivity index (χ4v) is 3.93. The van der Waals surface area contributed by atoms with Gasteiger partial charge in [0.25, 0.3) is 0 Å². The van der Waals surface area contributed by atoms with Gasteiger partial charge in [-0.1, -0.05) is 12.1 Å². The maximum Gasteiger partial charge on any atom is 0.121 e. The molecule has 2 aliphatic rings. The lowest BCUT2D eigenvalue weighted by molar-refractivity contribution is 0.00168. The highest BCUT2D eigenvalue weighted by molar-refractivity contribution is 5.74. The number of piperidine rings is 1. The van der Waals surface area contributed by atoms with Gasteiger partial charge in [-0.15, -0.1) is 0 Å². The summed E-state index contributed by atoms with van der Waals surface area (Å²) in [5.74, 6) is 1.10. The van der Waals surface area contributed by atoms with Gasteiger partial charge in [-0.2, -0.15) is 0 Å². The zero-order chi connectivity index (χ0) is 13.5. The maximum atomic E-state index is 5.57. The Balaban J connectivity index is 1.54. The first kappa shape index (κ1) is 12.4. The largest absolute Gasteiger partial charge is 0.381 e. The second kappa shape index (κ2) is 4.86. The third kappa shape index (κ3) is 2.03.